The maximum atomic E-state index is 13.0. The summed E-state index contributed by atoms with van der Waals surface area (Å²) in [5.41, 5.74) is 3.24. The van der Waals surface area contributed by atoms with Crippen molar-refractivity contribution >= 4 is 23.4 Å². The van der Waals surface area contributed by atoms with Crippen molar-refractivity contribution in [1.29, 1.82) is 0 Å². The van der Waals surface area contributed by atoms with Crippen molar-refractivity contribution in [3.8, 4) is 17.1 Å². The van der Waals surface area contributed by atoms with E-state index in [9.17, 15) is 4.79 Å². The number of hydrogen-bond acceptors (Lipinski definition) is 7. The second-order valence-electron chi connectivity index (χ2n) is 7.68. The largest absolute Gasteiger partial charge is 0.494 e. The standard InChI is InChI=1S/C25H28N4O4S/c1-5-32-19-10-6-17(7-11-19)22-21(16(2)29(14-15-31-3)25(30)26-22)24-27-23(28-33-24)18-8-12-20(34-4)13-9-18/h6-13,22H,5,14-15H2,1-4H3,(H,26,30). The zero-order chi connectivity index (χ0) is 24.1. The molecule has 0 fully saturated rings. The Kier molecular flexibility index (Phi) is 7.54. The Morgan fingerprint density at radius 3 is 2.53 bits per heavy atom. The number of thioether (sulfide) groups is 1. The van der Waals surface area contributed by atoms with Crippen molar-refractivity contribution in [2.24, 2.45) is 0 Å². The first kappa shape index (κ1) is 23.8. The Morgan fingerprint density at radius 2 is 1.88 bits per heavy atom. The molecule has 1 unspecified atom stereocenters. The first-order valence-corrected chi connectivity index (χ1v) is 12.3. The number of carbonyl (C=O) groups is 1. The van der Waals surface area contributed by atoms with Gasteiger partial charge in [-0.2, -0.15) is 4.98 Å². The van der Waals surface area contributed by atoms with Gasteiger partial charge in [-0.05, 0) is 62.1 Å². The lowest BCUT2D eigenvalue weighted by Gasteiger charge is -2.35. The monoisotopic (exact) mass is 480 g/mol. The van der Waals surface area contributed by atoms with E-state index in [1.165, 1.54) is 0 Å². The molecule has 1 atom stereocenters. The molecule has 34 heavy (non-hydrogen) atoms. The van der Waals surface area contributed by atoms with Gasteiger partial charge < -0.3 is 19.3 Å². The number of methoxy groups -OCH3 is 1. The average Bonchev–Trinajstić information content (AvgIpc) is 3.34. The van der Waals surface area contributed by atoms with E-state index in [1.54, 1.807) is 23.8 Å². The number of carbonyl (C=O) groups excluding carboxylic acids is 1. The fraction of sp³-hybridized carbons (Fsp3) is 0.320. The average molecular weight is 481 g/mol. The fourth-order valence-corrected chi connectivity index (χ4v) is 4.28. The summed E-state index contributed by atoms with van der Waals surface area (Å²) in [5.74, 6) is 1.63. The van der Waals surface area contributed by atoms with Crippen LogP contribution in [0.15, 0.2) is 63.6 Å². The molecule has 0 bridgehead atoms. The molecule has 2 amide bonds. The van der Waals surface area contributed by atoms with Gasteiger partial charge in [-0.15, -0.1) is 11.8 Å². The number of ether oxygens (including phenoxy) is 2. The number of hydrogen-bond donors (Lipinski definition) is 1. The van der Waals surface area contributed by atoms with Crippen molar-refractivity contribution in [2.45, 2.75) is 24.8 Å². The number of benzene rings is 2. The number of amides is 2. The lowest BCUT2D eigenvalue weighted by molar-refractivity contribution is 0.158. The summed E-state index contributed by atoms with van der Waals surface area (Å²) in [6.07, 6.45) is 2.03. The molecule has 1 N–H and O–H groups in total. The van der Waals surface area contributed by atoms with Gasteiger partial charge in [0, 0.05) is 23.3 Å². The highest BCUT2D eigenvalue weighted by Crippen LogP contribution is 2.37. The normalized spacial score (nSPS) is 16.1. The summed E-state index contributed by atoms with van der Waals surface area (Å²) in [4.78, 5) is 20.5. The number of nitrogens with one attached hydrogen (secondary N) is 1. The van der Waals surface area contributed by atoms with E-state index >= 15 is 0 Å². The van der Waals surface area contributed by atoms with Crippen molar-refractivity contribution in [1.82, 2.24) is 20.4 Å². The lowest BCUT2D eigenvalue weighted by atomic mass is 9.94. The smallest absolute Gasteiger partial charge is 0.322 e. The van der Waals surface area contributed by atoms with Crippen LogP contribution in [-0.4, -0.2) is 54.2 Å². The second-order valence-corrected chi connectivity index (χ2v) is 8.56. The Labute approximate surface area is 203 Å². The quantitative estimate of drug-likeness (QED) is 0.431. The SMILES string of the molecule is CCOc1ccc(C2NC(=O)N(CCOC)C(C)=C2c2nc(-c3ccc(SC)cc3)no2)cc1. The molecule has 0 saturated heterocycles. The Hall–Kier alpha value is -3.30. The molecule has 0 saturated carbocycles. The third-order valence-corrected chi connectivity index (χ3v) is 6.39. The van der Waals surface area contributed by atoms with Crippen LogP contribution in [-0.2, 0) is 4.74 Å². The van der Waals surface area contributed by atoms with Crippen LogP contribution >= 0.6 is 11.8 Å². The third kappa shape index (κ3) is 4.95. The van der Waals surface area contributed by atoms with E-state index < -0.39 is 6.04 Å². The number of urea groups is 1. The number of rotatable bonds is 9. The zero-order valence-corrected chi connectivity index (χ0v) is 20.5. The molecule has 3 aromatic rings. The van der Waals surface area contributed by atoms with Crippen LogP contribution < -0.4 is 10.1 Å². The van der Waals surface area contributed by atoms with Crippen LogP contribution in [0.4, 0.5) is 4.79 Å². The number of nitrogens with zero attached hydrogens (tertiary/aromatic N) is 3. The molecule has 178 valence electrons. The van der Waals surface area contributed by atoms with Crippen LogP contribution in [0.25, 0.3) is 17.0 Å². The predicted octanol–water partition coefficient (Wildman–Crippen LogP) is 5.00. The molecule has 0 aliphatic carbocycles. The van der Waals surface area contributed by atoms with Gasteiger partial charge in [-0.25, -0.2) is 4.79 Å². The van der Waals surface area contributed by atoms with Gasteiger partial charge in [0.15, 0.2) is 0 Å². The van der Waals surface area contributed by atoms with Gasteiger partial charge >= 0.3 is 6.03 Å². The van der Waals surface area contributed by atoms with E-state index in [0.717, 1.165) is 33.0 Å². The van der Waals surface area contributed by atoms with Crippen LogP contribution in [0, 0.1) is 0 Å². The van der Waals surface area contributed by atoms with E-state index in [4.69, 9.17) is 19.0 Å². The maximum Gasteiger partial charge on any atom is 0.322 e. The maximum absolute atomic E-state index is 13.0. The van der Waals surface area contributed by atoms with Crippen LogP contribution in [0.5, 0.6) is 5.75 Å². The molecule has 9 heteroatoms. The molecule has 1 aliphatic rings. The molecule has 1 aromatic heterocycles. The molecule has 0 radical (unpaired) electrons. The number of aromatic nitrogens is 2. The summed E-state index contributed by atoms with van der Waals surface area (Å²) in [6.45, 7) is 5.23. The minimum absolute atomic E-state index is 0.204. The van der Waals surface area contributed by atoms with Gasteiger partial charge in [-0.3, -0.25) is 4.90 Å². The van der Waals surface area contributed by atoms with Crippen molar-refractivity contribution < 1.29 is 18.8 Å². The molecule has 2 heterocycles. The van der Waals surface area contributed by atoms with Crippen LogP contribution in [0.1, 0.15) is 31.3 Å². The zero-order valence-electron chi connectivity index (χ0n) is 19.7. The fourth-order valence-electron chi connectivity index (χ4n) is 3.87. The lowest BCUT2D eigenvalue weighted by Crippen LogP contribution is -2.47. The van der Waals surface area contributed by atoms with Gasteiger partial charge in [-0.1, -0.05) is 17.3 Å². The summed E-state index contributed by atoms with van der Waals surface area (Å²) in [5, 5.41) is 7.31. The first-order chi connectivity index (χ1) is 16.5. The molecular formula is C25H28N4O4S. The summed E-state index contributed by atoms with van der Waals surface area (Å²) >= 11 is 1.67. The molecule has 4 rings (SSSR count). The third-order valence-electron chi connectivity index (χ3n) is 5.64. The van der Waals surface area contributed by atoms with Gasteiger partial charge in [0.25, 0.3) is 5.89 Å². The highest BCUT2D eigenvalue weighted by Gasteiger charge is 2.35. The molecular weight excluding hydrogens is 452 g/mol. The van der Waals surface area contributed by atoms with E-state index in [1.807, 2.05) is 68.6 Å². The van der Waals surface area contributed by atoms with Crippen molar-refractivity contribution in [3.63, 3.8) is 0 Å². The van der Waals surface area contributed by atoms with Crippen LogP contribution in [0.2, 0.25) is 0 Å². The molecule has 2 aromatic carbocycles. The minimum Gasteiger partial charge on any atom is -0.494 e. The highest BCUT2D eigenvalue weighted by atomic mass is 32.2. The first-order valence-electron chi connectivity index (χ1n) is 11.0. The topological polar surface area (TPSA) is 89.7 Å². The predicted molar refractivity (Wildman–Crippen MR) is 132 cm³/mol. The summed E-state index contributed by atoms with van der Waals surface area (Å²) in [7, 11) is 1.61. The van der Waals surface area contributed by atoms with Gasteiger partial charge in [0.1, 0.15) is 5.75 Å². The van der Waals surface area contributed by atoms with E-state index in [-0.39, 0.29) is 6.03 Å². The Morgan fingerprint density at radius 1 is 1.15 bits per heavy atom. The Bertz CT molecular complexity index is 1160. The Balaban J connectivity index is 1.74. The second kappa shape index (κ2) is 10.8. The summed E-state index contributed by atoms with van der Waals surface area (Å²) in [6, 6.07) is 15.0. The van der Waals surface area contributed by atoms with Crippen molar-refractivity contribution in [3.05, 3.63) is 65.7 Å². The highest BCUT2D eigenvalue weighted by molar-refractivity contribution is 7.98. The molecule has 8 nitrogen and oxygen atoms in total. The van der Waals surface area contributed by atoms with Gasteiger partial charge in [0.05, 0.1) is 31.4 Å². The summed E-state index contributed by atoms with van der Waals surface area (Å²) < 4.78 is 16.5. The van der Waals surface area contributed by atoms with E-state index in [0.29, 0.717) is 31.5 Å². The van der Waals surface area contributed by atoms with Gasteiger partial charge in [0.2, 0.25) is 5.82 Å². The number of allylic oxidation sites excluding steroid dienone is 1. The van der Waals surface area contributed by atoms with Crippen LogP contribution in [0.3, 0.4) is 0 Å². The van der Waals surface area contributed by atoms with Crippen molar-refractivity contribution in [2.75, 3.05) is 33.1 Å². The molecule has 0 spiro atoms. The minimum atomic E-state index is -0.450. The van der Waals surface area contributed by atoms with E-state index in [2.05, 4.69) is 10.5 Å². The molecule has 1 aliphatic heterocycles.